The summed E-state index contributed by atoms with van der Waals surface area (Å²) < 4.78 is 9.74. The second-order valence-electron chi connectivity index (χ2n) is 5.50. The highest BCUT2D eigenvalue weighted by Crippen LogP contribution is 2.32. The molecule has 142 valence electrons. The van der Waals surface area contributed by atoms with Crippen LogP contribution in [0.4, 0.5) is 0 Å². The number of halogens is 3. The minimum absolute atomic E-state index is 0.0743. The molecule has 1 N–H and O–H groups in total. The number of ether oxygens (including phenoxy) is 1. The zero-order chi connectivity index (χ0) is 19.4. The highest BCUT2D eigenvalue weighted by Gasteiger charge is 2.13. The molecule has 0 bridgehead atoms. The number of carbonyl (C=O) groups excluding carboxylic acids is 1. The van der Waals surface area contributed by atoms with E-state index in [1.165, 1.54) is 4.68 Å². The van der Waals surface area contributed by atoms with Crippen molar-refractivity contribution >= 4 is 45.0 Å². The van der Waals surface area contributed by atoms with Crippen molar-refractivity contribution in [3.63, 3.8) is 0 Å². The quantitative estimate of drug-likeness (QED) is 0.560. The Kier molecular flexibility index (Phi) is 6.41. The van der Waals surface area contributed by atoms with Crippen molar-refractivity contribution in [3.8, 4) is 5.75 Å². The smallest absolute Gasteiger partial charge is 0.272 e. The lowest BCUT2D eigenvalue weighted by Crippen LogP contribution is -2.25. The molecule has 7 nitrogen and oxygen atoms in total. The van der Waals surface area contributed by atoms with Crippen molar-refractivity contribution in [1.29, 1.82) is 0 Å². The van der Waals surface area contributed by atoms with Gasteiger partial charge in [0.15, 0.2) is 12.5 Å². The Morgan fingerprint density at radius 1 is 1.30 bits per heavy atom. The molecule has 3 aromatic rings. The van der Waals surface area contributed by atoms with E-state index in [2.05, 4.69) is 31.4 Å². The van der Waals surface area contributed by atoms with Gasteiger partial charge < -0.3 is 10.1 Å². The lowest BCUT2D eigenvalue weighted by Gasteiger charge is -2.09. The van der Waals surface area contributed by atoms with E-state index in [9.17, 15) is 4.79 Å². The second kappa shape index (κ2) is 8.77. The van der Waals surface area contributed by atoms with Crippen molar-refractivity contribution in [2.75, 3.05) is 0 Å². The number of aromatic nitrogens is 4. The van der Waals surface area contributed by atoms with E-state index in [1.807, 2.05) is 11.6 Å². The van der Waals surface area contributed by atoms with E-state index in [-0.39, 0.29) is 18.3 Å². The van der Waals surface area contributed by atoms with E-state index in [4.69, 9.17) is 27.9 Å². The Bertz CT molecular complexity index is 936. The summed E-state index contributed by atoms with van der Waals surface area (Å²) in [6.45, 7) is 3.11. The minimum atomic E-state index is -0.291. The van der Waals surface area contributed by atoms with E-state index in [1.54, 1.807) is 36.7 Å². The van der Waals surface area contributed by atoms with Crippen molar-refractivity contribution in [3.05, 3.63) is 62.6 Å². The molecule has 0 aliphatic heterocycles. The average Bonchev–Trinajstić information content (AvgIpc) is 3.26. The molecule has 1 amide bonds. The van der Waals surface area contributed by atoms with Crippen LogP contribution in [0.1, 0.15) is 23.1 Å². The number of rotatable bonds is 7. The first-order valence-corrected chi connectivity index (χ1v) is 9.63. The molecule has 27 heavy (non-hydrogen) atoms. The maximum absolute atomic E-state index is 12.3. The highest BCUT2D eigenvalue weighted by atomic mass is 79.9. The fourth-order valence-corrected chi connectivity index (χ4v) is 3.34. The van der Waals surface area contributed by atoms with Crippen molar-refractivity contribution in [2.24, 2.45) is 0 Å². The van der Waals surface area contributed by atoms with E-state index in [0.29, 0.717) is 28.9 Å². The zero-order valence-electron chi connectivity index (χ0n) is 14.3. The monoisotopic (exact) mass is 471 g/mol. The first-order valence-electron chi connectivity index (χ1n) is 8.08. The minimum Gasteiger partial charge on any atom is -0.468 e. The molecule has 0 unspecified atom stereocenters. The number of benzene rings is 1. The lowest BCUT2D eigenvalue weighted by atomic mass is 10.3. The predicted molar refractivity (Wildman–Crippen MR) is 106 cm³/mol. The lowest BCUT2D eigenvalue weighted by molar-refractivity contribution is 0.0942. The third-order valence-corrected chi connectivity index (χ3v) is 5.00. The van der Waals surface area contributed by atoms with Gasteiger partial charge in [-0.15, -0.1) is 0 Å². The third kappa shape index (κ3) is 4.63. The van der Waals surface area contributed by atoms with Crippen LogP contribution >= 0.6 is 39.1 Å². The van der Waals surface area contributed by atoms with E-state index in [0.717, 1.165) is 10.2 Å². The van der Waals surface area contributed by atoms with E-state index >= 15 is 0 Å². The van der Waals surface area contributed by atoms with Crippen molar-refractivity contribution < 1.29 is 9.53 Å². The number of amides is 1. The molecule has 2 heterocycles. The largest absolute Gasteiger partial charge is 0.468 e. The average molecular weight is 473 g/mol. The number of nitrogens with one attached hydrogen (secondary N) is 1. The SMILES string of the molecule is CCn1ncc(Br)c1CNC(=O)c1ccn(COc2c(Cl)cccc2Cl)n1. The Morgan fingerprint density at radius 3 is 2.74 bits per heavy atom. The Morgan fingerprint density at radius 2 is 2.04 bits per heavy atom. The number of para-hydroxylation sites is 1. The molecule has 0 spiro atoms. The Hall–Kier alpha value is -2.03. The summed E-state index contributed by atoms with van der Waals surface area (Å²) in [5.41, 5.74) is 1.17. The molecule has 2 aromatic heterocycles. The van der Waals surface area contributed by atoms with Crippen LogP contribution in [0.5, 0.6) is 5.75 Å². The molecule has 0 fully saturated rings. The number of carbonyl (C=O) groups is 1. The normalized spacial score (nSPS) is 10.8. The summed E-state index contributed by atoms with van der Waals surface area (Å²) in [7, 11) is 0. The standard InChI is InChI=1S/C17H16BrCl2N5O2/c1-2-25-15(11(18)8-22-25)9-21-17(26)14-6-7-24(23-14)10-27-16-12(19)4-3-5-13(16)20/h3-8H,2,9-10H2,1H3,(H,21,26). The first kappa shape index (κ1) is 19.7. The Labute approximate surface area is 174 Å². The maximum Gasteiger partial charge on any atom is 0.272 e. The van der Waals surface area contributed by atoms with Crippen molar-refractivity contribution in [2.45, 2.75) is 26.7 Å². The van der Waals surface area contributed by atoms with Gasteiger partial charge in [-0.1, -0.05) is 29.3 Å². The van der Waals surface area contributed by atoms with Crippen LogP contribution in [0.2, 0.25) is 10.0 Å². The summed E-state index contributed by atoms with van der Waals surface area (Å²) in [5.74, 6) is 0.0836. The molecule has 0 aliphatic carbocycles. The predicted octanol–water partition coefficient (Wildman–Crippen LogP) is 4.14. The molecule has 10 heteroatoms. The van der Waals surface area contributed by atoms with Crippen LogP contribution in [0.15, 0.2) is 41.1 Å². The number of aryl methyl sites for hydroxylation is 1. The molecule has 0 aliphatic rings. The third-order valence-electron chi connectivity index (χ3n) is 3.75. The summed E-state index contributed by atoms with van der Waals surface area (Å²) in [4.78, 5) is 12.3. The maximum atomic E-state index is 12.3. The van der Waals surface area contributed by atoms with Gasteiger partial charge in [-0.05, 0) is 41.1 Å². The first-order chi connectivity index (χ1) is 13.0. The van der Waals surface area contributed by atoms with Gasteiger partial charge in [0.2, 0.25) is 0 Å². The van der Waals surface area contributed by atoms with Gasteiger partial charge in [0.05, 0.1) is 33.0 Å². The molecule has 0 atom stereocenters. The topological polar surface area (TPSA) is 74.0 Å². The van der Waals surface area contributed by atoms with Gasteiger partial charge in [0.25, 0.3) is 5.91 Å². The molecule has 0 radical (unpaired) electrons. The summed E-state index contributed by atoms with van der Waals surface area (Å²) in [6, 6.07) is 6.71. The van der Waals surface area contributed by atoms with Gasteiger partial charge in [-0.2, -0.15) is 10.2 Å². The second-order valence-corrected chi connectivity index (χ2v) is 7.17. The van der Waals surface area contributed by atoms with Crippen LogP contribution in [0.25, 0.3) is 0 Å². The van der Waals surface area contributed by atoms with E-state index < -0.39 is 0 Å². The number of hydrogen-bond acceptors (Lipinski definition) is 4. The molecule has 0 saturated heterocycles. The highest BCUT2D eigenvalue weighted by molar-refractivity contribution is 9.10. The van der Waals surface area contributed by atoms with Crippen LogP contribution in [0.3, 0.4) is 0 Å². The van der Waals surface area contributed by atoms with Gasteiger partial charge in [0.1, 0.15) is 5.69 Å². The summed E-state index contributed by atoms with van der Waals surface area (Å²) in [5, 5.41) is 12.1. The number of nitrogens with zero attached hydrogens (tertiary/aromatic N) is 4. The van der Waals surface area contributed by atoms with Crippen LogP contribution in [-0.2, 0) is 19.8 Å². The molecular formula is C17H16BrCl2N5O2. The Balaban J connectivity index is 1.60. The van der Waals surface area contributed by atoms with Crippen LogP contribution < -0.4 is 10.1 Å². The fraction of sp³-hybridized carbons (Fsp3) is 0.235. The summed E-state index contributed by atoms with van der Waals surface area (Å²) >= 11 is 15.6. The van der Waals surface area contributed by atoms with Gasteiger partial charge in [-0.3, -0.25) is 9.48 Å². The summed E-state index contributed by atoms with van der Waals surface area (Å²) in [6.07, 6.45) is 3.35. The van der Waals surface area contributed by atoms with Gasteiger partial charge in [0, 0.05) is 12.7 Å². The van der Waals surface area contributed by atoms with Gasteiger partial charge >= 0.3 is 0 Å². The molecule has 3 rings (SSSR count). The van der Waals surface area contributed by atoms with Crippen molar-refractivity contribution in [1.82, 2.24) is 24.9 Å². The van der Waals surface area contributed by atoms with Crippen LogP contribution in [0, 0.1) is 0 Å². The molecule has 1 aromatic carbocycles. The zero-order valence-corrected chi connectivity index (χ0v) is 17.4. The van der Waals surface area contributed by atoms with Gasteiger partial charge in [-0.25, -0.2) is 4.68 Å². The molecule has 0 saturated carbocycles. The number of hydrogen-bond donors (Lipinski definition) is 1. The fourth-order valence-electron chi connectivity index (χ4n) is 2.40. The molecular weight excluding hydrogens is 457 g/mol. The van der Waals surface area contributed by atoms with Crippen LogP contribution in [-0.4, -0.2) is 25.5 Å².